The molecular weight excluding hydrogens is 225 g/mol. The first-order valence-corrected chi connectivity index (χ1v) is 5.51. The van der Waals surface area contributed by atoms with Crippen LogP contribution in [0.5, 0.6) is 5.75 Å². The van der Waals surface area contributed by atoms with Crippen LogP contribution in [0.15, 0.2) is 18.2 Å². The molecule has 0 radical (unpaired) electrons. The molecule has 4 nitrogen and oxygen atoms in total. The van der Waals surface area contributed by atoms with Crippen molar-refractivity contribution in [2.24, 2.45) is 5.92 Å². The van der Waals surface area contributed by atoms with Crippen molar-refractivity contribution >= 4 is 5.91 Å². The van der Waals surface area contributed by atoms with Gasteiger partial charge in [0.25, 0.3) is 5.91 Å². The van der Waals surface area contributed by atoms with Gasteiger partial charge in [0.15, 0.2) is 0 Å². The third-order valence-electron chi connectivity index (χ3n) is 2.96. The van der Waals surface area contributed by atoms with Gasteiger partial charge in [-0.15, -0.1) is 0 Å². The summed E-state index contributed by atoms with van der Waals surface area (Å²) in [6.45, 7) is 0.441. The van der Waals surface area contributed by atoms with Gasteiger partial charge in [-0.3, -0.25) is 4.79 Å². The fourth-order valence-electron chi connectivity index (χ4n) is 1.89. The molecule has 0 aromatic heterocycles. The van der Waals surface area contributed by atoms with Crippen molar-refractivity contribution < 1.29 is 19.4 Å². The van der Waals surface area contributed by atoms with Crippen molar-refractivity contribution in [2.45, 2.75) is 18.9 Å². The molecule has 2 rings (SSSR count). The molecule has 1 amide bonds. The Morgan fingerprint density at radius 3 is 2.76 bits per heavy atom. The molecule has 1 fully saturated rings. The van der Waals surface area contributed by atoms with Gasteiger partial charge in [-0.25, -0.2) is 4.39 Å². The van der Waals surface area contributed by atoms with E-state index in [2.05, 4.69) is 5.32 Å². The summed E-state index contributed by atoms with van der Waals surface area (Å²) in [5, 5.41) is 20.7. The molecule has 0 heterocycles. The van der Waals surface area contributed by atoms with Crippen LogP contribution in [0.2, 0.25) is 0 Å². The molecule has 1 aromatic rings. The van der Waals surface area contributed by atoms with E-state index in [1.165, 1.54) is 12.1 Å². The van der Waals surface area contributed by atoms with Gasteiger partial charge in [-0.1, -0.05) is 0 Å². The second kappa shape index (κ2) is 4.71. The highest BCUT2D eigenvalue weighted by atomic mass is 19.1. The maximum atomic E-state index is 13.3. The van der Waals surface area contributed by atoms with Crippen molar-refractivity contribution in [3.8, 4) is 5.75 Å². The summed E-state index contributed by atoms with van der Waals surface area (Å²) in [5.74, 6) is -1.17. The van der Waals surface area contributed by atoms with Crippen LogP contribution < -0.4 is 5.32 Å². The van der Waals surface area contributed by atoms with Crippen molar-refractivity contribution in [1.82, 2.24) is 5.32 Å². The van der Waals surface area contributed by atoms with Crippen LogP contribution >= 0.6 is 0 Å². The standard InChI is InChI=1S/C12H14FNO3/c13-11-5-8(15)1-2-10(11)12(17)14-6-7-3-9(16)4-7/h1-2,5,7,9,15-16H,3-4,6H2,(H,14,17). The fourth-order valence-corrected chi connectivity index (χ4v) is 1.89. The number of hydrogen-bond donors (Lipinski definition) is 3. The first-order chi connectivity index (χ1) is 8.06. The average molecular weight is 239 g/mol. The van der Waals surface area contributed by atoms with Crippen LogP contribution in [0, 0.1) is 11.7 Å². The first-order valence-electron chi connectivity index (χ1n) is 5.51. The third-order valence-corrected chi connectivity index (χ3v) is 2.96. The van der Waals surface area contributed by atoms with E-state index in [0.29, 0.717) is 19.4 Å². The van der Waals surface area contributed by atoms with Gasteiger partial charge >= 0.3 is 0 Å². The number of halogens is 1. The number of carbonyl (C=O) groups is 1. The third kappa shape index (κ3) is 2.74. The quantitative estimate of drug-likeness (QED) is 0.738. The normalized spacial score (nSPS) is 22.9. The van der Waals surface area contributed by atoms with E-state index in [4.69, 9.17) is 10.2 Å². The number of hydrogen-bond acceptors (Lipinski definition) is 3. The van der Waals surface area contributed by atoms with Crippen molar-refractivity contribution in [3.63, 3.8) is 0 Å². The van der Waals surface area contributed by atoms with E-state index >= 15 is 0 Å². The predicted octanol–water partition coefficient (Wildman–Crippen LogP) is 1.03. The highest BCUT2D eigenvalue weighted by Crippen LogP contribution is 2.26. The number of carbonyl (C=O) groups excluding carboxylic acids is 1. The molecule has 92 valence electrons. The maximum absolute atomic E-state index is 13.3. The number of rotatable bonds is 3. The van der Waals surface area contributed by atoms with Gasteiger partial charge in [0.2, 0.25) is 0 Å². The van der Waals surface area contributed by atoms with Gasteiger partial charge in [0.1, 0.15) is 11.6 Å². The summed E-state index contributed by atoms with van der Waals surface area (Å²) in [6, 6.07) is 3.42. The van der Waals surface area contributed by atoms with E-state index in [1.54, 1.807) is 0 Å². The largest absolute Gasteiger partial charge is 0.508 e. The topological polar surface area (TPSA) is 69.6 Å². The highest BCUT2D eigenvalue weighted by molar-refractivity contribution is 5.94. The van der Waals surface area contributed by atoms with Crippen molar-refractivity contribution in [1.29, 1.82) is 0 Å². The molecule has 0 atom stereocenters. The minimum atomic E-state index is -0.740. The van der Waals surface area contributed by atoms with Crippen molar-refractivity contribution in [2.75, 3.05) is 6.54 Å². The van der Waals surface area contributed by atoms with Crippen LogP contribution in [0.3, 0.4) is 0 Å². The van der Waals surface area contributed by atoms with E-state index < -0.39 is 11.7 Å². The molecule has 0 bridgehead atoms. The fraction of sp³-hybridized carbons (Fsp3) is 0.417. The van der Waals surface area contributed by atoms with Gasteiger partial charge in [0, 0.05) is 12.6 Å². The zero-order chi connectivity index (χ0) is 12.4. The molecule has 3 N–H and O–H groups in total. The molecule has 1 saturated carbocycles. The molecule has 0 spiro atoms. The number of benzene rings is 1. The van der Waals surface area contributed by atoms with E-state index in [9.17, 15) is 9.18 Å². The molecule has 1 aromatic carbocycles. The number of phenols is 1. The number of nitrogens with one attached hydrogen (secondary N) is 1. The summed E-state index contributed by atoms with van der Waals surface area (Å²) in [5.41, 5.74) is -0.0809. The van der Waals surface area contributed by atoms with E-state index in [-0.39, 0.29) is 23.3 Å². The van der Waals surface area contributed by atoms with E-state index in [0.717, 1.165) is 6.07 Å². The SMILES string of the molecule is O=C(NCC1CC(O)C1)c1ccc(O)cc1F. The number of phenolic OH excluding ortho intramolecular Hbond substituents is 1. The lowest BCUT2D eigenvalue weighted by atomic mass is 9.82. The second-order valence-electron chi connectivity index (χ2n) is 4.37. The molecule has 0 saturated heterocycles. The Morgan fingerprint density at radius 1 is 1.47 bits per heavy atom. The smallest absolute Gasteiger partial charge is 0.254 e. The van der Waals surface area contributed by atoms with Crippen LogP contribution in [-0.4, -0.2) is 28.8 Å². The Bertz CT molecular complexity index is 430. The minimum Gasteiger partial charge on any atom is -0.508 e. The molecule has 17 heavy (non-hydrogen) atoms. The minimum absolute atomic E-state index is 0.0809. The summed E-state index contributed by atoms with van der Waals surface area (Å²) >= 11 is 0. The van der Waals surface area contributed by atoms with Gasteiger partial charge in [-0.05, 0) is 30.9 Å². The zero-order valence-electron chi connectivity index (χ0n) is 9.19. The summed E-state index contributed by atoms with van der Waals surface area (Å²) < 4.78 is 13.3. The Labute approximate surface area is 98.1 Å². The average Bonchev–Trinajstić information content (AvgIpc) is 2.22. The first kappa shape index (κ1) is 11.9. The lowest BCUT2D eigenvalue weighted by Crippen LogP contribution is -2.38. The Balaban J connectivity index is 1.91. The van der Waals surface area contributed by atoms with Crippen LogP contribution in [0.4, 0.5) is 4.39 Å². The Kier molecular flexibility index (Phi) is 3.28. The Morgan fingerprint density at radius 2 is 2.18 bits per heavy atom. The molecule has 1 aliphatic carbocycles. The number of aliphatic hydroxyl groups is 1. The van der Waals surface area contributed by atoms with Crippen molar-refractivity contribution in [3.05, 3.63) is 29.6 Å². The zero-order valence-corrected chi connectivity index (χ0v) is 9.19. The maximum Gasteiger partial charge on any atom is 0.254 e. The number of aliphatic hydroxyl groups excluding tert-OH is 1. The number of amides is 1. The van der Waals surface area contributed by atoms with E-state index in [1.807, 2.05) is 0 Å². The van der Waals surface area contributed by atoms with Gasteiger partial charge in [-0.2, -0.15) is 0 Å². The lowest BCUT2D eigenvalue weighted by Gasteiger charge is -2.31. The van der Waals surface area contributed by atoms with Gasteiger partial charge < -0.3 is 15.5 Å². The molecule has 1 aliphatic rings. The van der Waals surface area contributed by atoms with Crippen LogP contribution in [0.25, 0.3) is 0 Å². The van der Waals surface area contributed by atoms with Crippen LogP contribution in [-0.2, 0) is 0 Å². The monoisotopic (exact) mass is 239 g/mol. The molecule has 0 aliphatic heterocycles. The summed E-state index contributed by atoms with van der Waals surface area (Å²) in [7, 11) is 0. The Hall–Kier alpha value is -1.62. The second-order valence-corrected chi connectivity index (χ2v) is 4.37. The molecular formula is C12H14FNO3. The molecule has 0 unspecified atom stereocenters. The predicted molar refractivity (Wildman–Crippen MR) is 59.1 cm³/mol. The number of aromatic hydroxyl groups is 1. The lowest BCUT2D eigenvalue weighted by molar-refractivity contribution is 0.0420. The molecule has 5 heteroatoms. The highest BCUT2D eigenvalue weighted by Gasteiger charge is 2.27. The summed E-state index contributed by atoms with van der Waals surface area (Å²) in [4.78, 5) is 11.6. The van der Waals surface area contributed by atoms with Gasteiger partial charge in [0.05, 0.1) is 11.7 Å². The summed E-state index contributed by atoms with van der Waals surface area (Å²) in [6.07, 6.45) is 1.10. The van der Waals surface area contributed by atoms with Crippen LogP contribution in [0.1, 0.15) is 23.2 Å².